The van der Waals surface area contributed by atoms with Crippen LogP contribution in [0.25, 0.3) is 0 Å². The average molecular weight is 291 g/mol. The second kappa shape index (κ2) is 5.23. The van der Waals surface area contributed by atoms with E-state index in [0.29, 0.717) is 25.2 Å². The van der Waals surface area contributed by atoms with Crippen LogP contribution >= 0.6 is 0 Å². The van der Waals surface area contributed by atoms with E-state index in [-0.39, 0.29) is 6.04 Å². The van der Waals surface area contributed by atoms with E-state index in [0.717, 1.165) is 18.0 Å². The highest BCUT2D eigenvalue weighted by atomic mass is 16.5. The van der Waals surface area contributed by atoms with E-state index in [1.165, 1.54) is 0 Å². The average Bonchev–Trinajstić information content (AvgIpc) is 3.11. The maximum atomic E-state index is 10.8. The summed E-state index contributed by atoms with van der Waals surface area (Å²) >= 11 is 0. The lowest BCUT2D eigenvalue weighted by molar-refractivity contribution is 0.0406. The summed E-state index contributed by atoms with van der Waals surface area (Å²) in [5, 5.41) is 23.0. The zero-order valence-electron chi connectivity index (χ0n) is 12.7. The number of β-amino-alcohol motifs (C(OH)–C–C–N with tert-alkyl or cyclic N) is 1. The second-order valence-corrected chi connectivity index (χ2v) is 6.10. The fraction of sp³-hybridized carbons (Fsp3) is 0.643. The summed E-state index contributed by atoms with van der Waals surface area (Å²) in [6.45, 7) is 7.97. The summed E-state index contributed by atoms with van der Waals surface area (Å²) in [4.78, 5) is 2.16. The van der Waals surface area contributed by atoms with Crippen LogP contribution in [0.2, 0.25) is 0 Å². The Morgan fingerprint density at radius 1 is 1.48 bits per heavy atom. The first-order valence-electron chi connectivity index (χ1n) is 7.25. The molecule has 7 heteroatoms. The van der Waals surface area contributed by atoms with Crippen molar-refractivity contribution in [3.05, 3.63) is 29.4 Å². The quantitative estimate of drug-likeness (QED) is 0.913. The molecular weight excluding hydrogens is 270 g/mol. The molecule has 0 aliphatic carbocycles. The normalized spacial score (nSPS) is 23.3. The topological polar surface area (TPSA) is 80.2 Å². The minimum atomic E-state index is -0.925. The fourth-order valence-electron chi connectivity index (χ4n) is 2.68. The van der Waals surface area contributed by atoms with Crippen LogP contribution in [0.3, 0.4) is 0 Å². The van der Waals surface area contributed by atoms with Crippen molar-refractivity contribution in [1.29, 1.82) is 0 Å². The first kappa shape index (κ1) is 14.2. The fourth-order valence-corrected chi connectivity index (χ4v) is 2.68. The van der Waals surface area contributed by atoms with Gasteiger partial charge in [-0.15, -0.1) is 5.10 Å². The van der Waals surface area contributed by atoms with Crippen LogP contribution in [0.5, 0.6) is 0 Å². The van der Waals surface area contributed by atoms with E-state index in [1.54, 1.807) is 4.68 Å². The van der Waals surface area contributed by atoms with Crippen molar-refractivity contribution in [2.24, 2.45) is 0 Å². The molecule has 0 saturated carbocycles. The van der Waals surface area contributed by atoms with Crippen LogP contribution in [0.4, 0.5) is 0 Å². The zero-order valence-corrected chi connectivity index (χ0v) is 12.7. The summed E-state index contributed by atoms with van der Waals surface area (Å²) in [5.41, 5.74) is 0.615. The Morgan fingerprint density at radius 3 is 2.90 bits per heavy atom. The number of likely N-dealkylation sites (tertiary alicyclic amines) is 1. The van der Waals surface area contributed by atoms with Gasteiger partial charge in [-0.25, -0.2) is 4.68 Å². The van der Waals surface area contributed by atoms with Gasteiger partial charge >= 0.3 is 0 Å². The molecule has 0 bridgehead atoms. The predicted octanol–water partition coefficient (Wildman–Crippen LogP) is 1.25. The van der Waals surface area contributed by atoms with Crippen molar-refractivity contribution < 1.29 is 9.63 Å². The number of aromatic nitrogens is 4. The van der Waals surface area contributed by atoms with Crippen molar-refractivity contribution in [2.45, 2.75) is 45.4 Å². The largest absolute Gasteiger partial charge is 0.382 e. The molecule has 1 saturated heterocycles. The summed E-state index contributed by atoms with van der Waals surface area (Å²) < 4.78 is 6.85. The monoisotopic (exact) mass is 291 g/mol. The van der Waals surface area contributed by atoms with Gasteiger partial charge in [0.2, 0.25) is 0 Å². The van der Waals surface area contributed by atoms with Crippen molar-refractivity contribution in [1.82, 2.24) is 25.1 Å². The Bertz CT molecular complexity index is 620. The van der Waals surface area contributed by atoms with E-state index in [1.807, 2.05) is 33.0 Å². The van der Waals surface area contributed by atoms with Crippen molar-refractivity contribution in [3.63, 3.8) is 0 Å². The van der Waals surface area contributed by atoms with Gasteiger partial charge in [-0.3, -0.25) is 4.90 Å². The minimum absolute atomic E-state index is 0.241. The van der Waals surface area contributed by atoms with E-state index in [2.05, 4.69) is 20.4 Å². The molecule has 2 aromatic rings. The van der Waals surface area contributed by atoms with Crippen molar-refractivity contribution >= 4 is 0 Å². The Labute approximate surface area is 123 Å². The lowest BCUT2D eigenvalue weighted by atomic mass is 10.00. The van der Waals surface area contributed by atoms with E-state index in [4.69, 9.17) is 4.52 Å². The third kappa shape index (κ3) is 2.84. The molecule has 0 amide bonds. The Balaban J connectivity index is 1.69. The van der Waals surface area contributed by atoms with Gasteiger partial charge in [-0.1, -0.05) is 10.4 Å². The molecule has 2 aromatic heterocycles. The smallest absolute Gasteiger partial charge is 0.133 e. The third-order valence-electron chi connectivity index (χ3n) is 3.91. The third-order valence-corrected chi connectivity index (χ3v) is 3.91. The standard InChI is InChI=1S/C14H21N5O2/c1-10(2)19-8-13(15-17-19)14(20)4-5-18(9-14)7-12-6-11(3)21-16-12/h6,8,10,20H,4-5,7,9H2,1-3H3. The van der Waals surface area contributed by atoms with Gasteiger partial charge in [0.05, 0.1) is 11.9 Å². The summed E-state index contributed by atoms with van der Waals surface area (Å²) in [6, 6.07) is 2.16. The lowest BCUT2D eigenvalue weighted by Crippen LogP contribution is -2.31. The summed E-state index contributed by atoms with van der Waals surface area (Å²) in [6.07, 6.45) is 2.50. The van der Waals surface area contributed by atoms with E-state index >= 15 is 0 Å². The number of hydrogen-bond acceptors (Lipinski definition) is 6. The molecule has 3 heterocycles. The SMILES string of the molecule is Cc1cc(CN2CCC(O)(c3cn(C(C)C)nn3)C2)no1. The highest BCUT2D eigenvalue weighted by Crippen LogP contribution is 2.31. The summed E-state index contributed by atoms with van der Waals surface area (Å²) in [7, 11) is 0. The molecule has 1 fully saturated rings. The van der Waals surface area contributed by atoms with Gasteiger partial charge < -0.3 is 9.63 Å². The molecule has 1 N–H and O–H groups in total. The number of nitrogens with zero attached hydrogens (tertiary/aromatic N) is 5. The first-order chi connectivity index (χ1) is 9.96. The Hall–Kier alpha value is -1.73. The molecule has 1 atom stereocenters. The van der Waals surface area contributed by atoms with Crippen molar-refractivity contribution in [3.8, 4) is 0 Å². The molecule has 0 spiro atoms. The maximum absolute atomic E-state index is 10.8. The molecule has 0 radical (unpaired) electrons. The molecule has 7 nitrogen and oxygen atoms in total. The van der Waals surface area contributed by atoms with Gasteiger partial charge in [0.1, 0.15) is 17.1 Å². The first-order valence-corrected chi connectivity index (χ1v) is 7.25. The second-order valence-electron chi connectivity index (χ2n) is 6.10. The minimum Gasteiger partial charge on any atom is -0.382 e. The number of aliphatic hydroxyl groups is 1. The van der Waals surface area contributed by atoms with Gasteiger partial charge in [0, 0.05) is 31.7 Å². The van der Waals surface area contributed by atoms with Gasteiger partial charge in [-0.05, 0) is 27.2 Å². The Kier molecular flexibility index (Phi) is 3.54. The molecule has 1 aliphatic heterocycles. The van der Waals surface area contributed by atoms with E-state index < -0.39 is 5.60 Å². The molecular formula is C14H21N5O2. The van der Waals surface area contributed by atoms with Crippen LogP contribution < -0.4 is 0 Å². The van der Waals surface area contributed by atoms with Crippen molar-refractivity contribution in [2.75, 3.05) is 13.1 Å². The molecule has 1 unspecified atom stereocenters. The molecule has 114 valence electrons. The van der Waals surface area contributed by atoms with Crippen LogP contribution in [0.1, 0.15) is 43.5 Å². The lowest BCUT2D eigenvalue weighted by Gasteiger charge is -2.20. The number of hydrogen-bond donors (Lipinski definition) is 1. The molecule has 3 rings (SSSR count). The Morgan fingerprint density at radius 2 is 2.29 bits per heavy atom. The van der Waals surface area contributed by atoms with Gasteiger partial charge in [0.25, 0.3) is 0 Å². The van der Waals surface area contributed by atoms with Crippen LogP contribution in [-0.2, 0) is 12.1 Å². The number of aryl methyl sites for hydroxylation is 1. The van der Waals surface area contributed by atoms with Gasteiger partial charge in [-0.2, -0.15) is 0 Å². The van der Waals surface area contributed by atoms with Crippen LogP contribution in [0.15, 0.2) is 16.8 Å². The van der Waals surface area contributed by atoms with Gasteiger partial charge in [0.15, 0.2) is 0 Å². The molecule has 21 heavy (non-hydrogen) atoms. The highest BCUT2D eigenvalue weighted by molar-refractivity contribution is 5.12. The van der Waals surface area contributed by atoms with Crippen LogP contribution in [0, 0.1) is 6.92 Å². The predicted molar refractivity (Wildman–Crippen MR) is 75.4 cm³/mol. The molecule has 1 aliphatic rings. The van der Waals surface area contributed by atoms with Crippen LogP contribution in [-0.4, -0.2) is 43.2 Å². The zero-order chi connectivity index (χ0) is 15.0. The maximum Gasteiger partial charge on any atom is 0.133 e. The van der Waals surface area contributed by atoms with E-state index in [9.17, 15) is 5.11 Å². The highest BCUT2D eigenvalue weighted by Gasteiger charge is 2.40. The molecule has 0 aromatic carbocycles. The summed E-state index contributed by atoms with van der Waals surface area (Å²) in [5.74, 6) is 0.805. The number of rotatable bonds is 4.